The molecule has 0 aromatic heterocycles. The van der Waals surface area contributed by atoms with Gasteiger partial charge in [-0.15, -0.1) is 0 Å². The first kappa shape index (κ1) is 16.7. The van der Waals surface area contributed by atoms with Gasteiger partial charge in [-0.3, -0.25) is 0 Å². The highest BCUT2D eigenvalue weighted by molar-refractivity contribution is 9.11. The molecule has 2 aromatic rings. The van der Waals surface area contributed by atoms with E-state index >= 15 is 0 Å². The summed E-state index contributed by atoms with van der Waals surface area (Å²) in [6.07, 6.45) is 0. The minimum atomic E-state index is -0.199. The highest BCUT2D eigenvalue weighted by Gasteiger charge is 2.18. The van der Waals surface area contributed by atoms with Crippen LogP contribution in [-0.4, -0.2) is 6.54 Å². The lowest BCUT2D eigenvalue weighted by molar-refractivity contribution is 0.600. The van der Waals surface area contributed by atoms with Gasteiger partial charge in [-0.25, -0.2) is 4.39 Å². The zero-order chi connectivity index (χ0) is 15.6. The second kappa shape index (κ2) is 7.03. The molecule has 1 N–H and O–H groups in total. The van der Waals surface area contributed by atoms with Crippen molar-refractivity contribution in [2.75, 3.05) is 6.54 Å². The first-order chi connectivity index (χ1) is 9.92. The summed E-state index contributed by atoms with van der Waals surface area (Å²) < 4.78 is 15.8. The maximum absolute atomic E-state index is 13.7. The Labute approximate surface area is 142 Å². The second-order valence-corrected chi connectivity index (χ2v) is 6.88. The molecule has 0 bridgehead atoms. The second-order valence-electron chi connectivity index (χ2n) is 5.18. The van der Waals surface area contributed by atoms with E-state index in [0.717, 1.165) is 37.7 Å². The number of aryl methyl sites for hydroxylation is 2. The Morgan fingerprint density at radius 2 is 1.76 bits per heavy atom. The van der Waals surface area contributed by atoms with Gasteiger partial charge in [0.1, 0.15) is 5.82 Å². The number of hydrogen-bond donors (Lipinski definition) is 1. The van der Waals surface area contributed by atoms with E-state index < -0.39 is 0 Å². The van der Waals surface area contributed by atoms with E-state index in [4.69, 9.17) is 0 Å². The largest absolute Gasteiger partial charge is 0.306 e. The molecule has 0 amide bonds. The lowest BCUT2D eigenvalue weighted by atomic mass is 9.96. The van der Waals surface area contributed by atoms with Crippen molar-refractivity contribution in [3.8, 4) is 0 Å². The zero-order valence-corrected chi connectivity index (χ0v) is 15.5. The van der Waals surface area contributed by atoms with Crippen molar-refractivity contribution in [1.82, 2.24) is 5.32 Å². The van der Waals surface area contributed by atoms with E-state index in [1.165, 1.54) is 0 Å². The van der Waals surface area contributed by atoms with Crippen LogP contribution in [0.1, 0.15) is 35.2 Å². The fourth-order valence-electron chi connectivity index (χ4n) is 2.43. The maximum atomic E-state index is 13.7. The van der Waals surface area contributed by atoms with Crippen molar-refractivity contribution in [1.29, 1.82) is 0 Å². The van der Waals surface area contributed by atoms with Crippen molar-refractivity contribution >= 4 is 31.9 Å². The molecular formula is C17H18Br2FN. The fraction of sp³-hybridized carbons (Fsp3) is 0.294. The molecule has 21 heavy (non-hydrogen) atoms. The van der Waals surface area contributed by atoms with Gasteiger partial charge < -0.3 is 5.32 Å². The molecule has 0 aliphatic carbocycles. The molecule has 4 heteroatoms. The Bertz CT molecular complexity index is 635. The SMILES string of the molecule is CCNC(c1cc(C)cc(F)c1)c1cc(Br)c(C)cc1Br. The van der Waals surface area contributed by atoms with Crippen molar-refractivity contribution in [2.45, 2.75) is 26.8 Å². The summed E-state index contributed by atoms with van der Waals surface area (Å²) in [5.41, 5.74) is 4.12. The Morgan fingerprint density at radius 3 is 2.38 bits per heavy atom. The molecule has 2 rings (SSSR count). The molecule has 112 valence electrons. The van der Waals surface area contributed by atoms with Crippen LogP contribution in [0, 0.1) is 19.7 Å². The minimum Gasteiger partial charge on any atom is -0.306 e. The summed E-state index contributed by atoms with van der Waals surface area (Å²) >= 11 is 7.21. The molecule has 0 fully saturated rings. The number of halogens is 3. The molecule has 1 atom stereocenters. The molecule has 0 aliphatic rings. The van der Waals surface area contributed by atoms with Gasteiger partial charge in [-0.05, 0) is 66.9 Å². The summed E-state index contributed by atoms with van der Waals surface area (Å²) in [4.78, 5) is 0. The van der Waals surface area contributed by atoms with Gasteiger partial charge in [0.05, 0.1) is 6.04 Å². The number of nitrogens with one attached hydrogen (secondary N) is 1. The minimum absolute atomic E-state index is 0.0457. The molecule has 0 aliphatic heterocycles. The van der Waals surface area contributed by atoms with Gasteiger partial charge in [0.15, 0.2) is 0 Å². The van der Waals surface area contributed by atoms with Gasteiger partial charge in [0.2, 0.25) is 0 Å². The van der Waals surface area contributed by atoms with E-state index in [2.05, 4.69) is 56.2 Å². The lowest BCUT2D eigenvalue weighted by Crippen LogP contribution is -2.22. The van der Waals surface area contributed by atoms with E-state index in [1.807, 2.05) is 19.9 Å². The van der Waals surface area contributed by atoms with Gasteiger partial charge in [-0.1, -0.05) is 44.8 Å². The van der Waals surface area contributed by atoms with E-state index in [9.17, 15) is 4.39 Å². The smallest absolute Gasteiger partial charge is 0.123 e. The predicted molar refractivity (Wildman–Crippen MR) is 93.2 cm³/mol. The maximum Gasteiger partial charge on any atom is 0.123 e. The molecule has 0 spiro atoms. The van der Waals surface area contributed by atoms with E-state index in [1.54, 1.807) is 12.1 Å². The zero-order valence-electron chi connectivity index (χ0n) is 12.3. The molecule has 0 saturated heterocycles. The van der Waals surface area contributed by atoms with Crippen LogP contribution in [0.3, 0.4) is 0 Å². The summed E-state index contributed by atoms with van der Waals surface area (Å²) in [7, 11) is 0. The number of benzene rings is 2. The average Bonchev–Trinajstić information content (AvgIpc) is 2.39. The summed E-state index contributed by atoms with van der Waals surface area (Å²) in [6.45, 7) is 6.82. The fourth-order valence-corrected chi connectivity index (χ4v) is 3.47. The Kier molecular flexibility index (Phi) is 5.58. The Morgan fingerprint density at radius 1 is 1.05 bits per heavy atom. The lowest BCUT2D eigenvalue weighted by Gasteiger charge is -2.22. The normalized spacial score (nSPS) is 12.5. The van der Waals surface area contributed by atoms with E-state index in [0.29, 0.717) is 0 Å². The van der Waals surface area contributed by atoms with Crippen LogP contribution >= 0.6 is 31.9 Å². The first-order valence-electron chi connectivity index (χ1n) is 6.88. The quantitative estimate of drug-likeness (QED) is 0.679. The highest BCUT2D eigenvalue weighted by Crippen LogP contribution is 2.33. The van der Waals surface area contributed by atoms with Crippen LogP contribution in [0.4, 0.5) is 4.39 Å². The average molecular weight is 415 g/mol. The first-order valence-corrected chi connectivity index (χ1v) is 8.47. The third-order valence-electron chi connectivity index (χ3n) is 3.39. The van der Waals surface area contributed by atoms with Gasteiger partial charge in [-0.2, -0.15) is 0 Å². The highest BCUT2D eigenvalue weighted by atomic mass is 79.9. The van der Waals surface area contributed by atoms with Crippen molar-refractivity contribution in [2.24, 2.45) is 0 Å². The third kappa shape index (κ3) is 3.93. The van der Waals surface area contributed by atoms with Gasteiger partial charge >= 0.3 is 0 Å². The Hall–Kier alpha value is -0.710. The topological polar surface area (TPSA) is 12.0 Å². The molecule has 0 radical (unpaired) electrons. The Balaban J connectivity index is 2.55. The molecule has 1 unspecified atom stereocenters. The van der Waals surface area contributed by atoms with Crippen molar-refractivity contribution in [3.05, 3.63) is 67.3 Å². The number of rotatable bonds is 4. The predicted octanol–water partition coefficient (Wildman–Crippen LogP) is 5.67. The van der Waals surface area contributed by atoms with Crippen LogP contribution in [-0.2, 0) is 0 Å². The van der Waals surface area contributed by atoms with Crippen LogP contribution in [0.15, 0.2) is 39.3 Å². The van der Waals surface area contributed by atoms with Crippen LogP contribution in [0.5, 0.6) is 0 Å². The van der Waals surface area contributed by atoms with Crippen molar-refractivity contribution < 1.29 is 4.39 Å². The third-order valence-corrected chi connectivity index (χ3v) is 4.94. The molecule has 2 aromatic carbocycles. The molecule has 1 nitrogen and oxygen atoms in total. The summed E-state index contributed by atoms with van der Waals surface area (Å²) in [6, 6.07) is 9.29. The standard InChI is InChI=1S/C17H18Br2FN/c1-4-21-17(12-5-10(2)6-13(20)8-12)14-9-15(18)11(3)7-16(14)19/h5-9,17,21H,4H2,1-3H3. The summed E-state index contributed by atoms with van der Waals surface area (Å²) in [5.74, 6) is -0.199. The van der Waals surface area contributed by atoms with Crippen LogP contribution in [0.2, 0.25) is 0 Å². The molecule has 0 heterocycles. The molecule has 0 saturated carbocycles. The van der Waals surface area contributed by atoms with Crippen molar-refractivity contribution in [3.63, 3.8) is 0 Å². The van der Waals surface area contributed by atoms with E-state index in [-0.39, 0.29) is 11.9 Å². The molecular weight excluding hydrogens is 397 g/mol. The van der Waals surface area contributed by atoms with Gasteiger partial charge in [0.25, 0.3) is 0 Å². The van der Waals surface area contributed by atoms with Gasteiger partial charge in [0, 0.05) is 8.95 Å². The van der Waals surface area contributed by atoms with Crippen LogP contribution < -0.4 is 5.32 Å². The van der Waals surface area contributed by atoms with Crippen LogP contribution in [0.25, 0.3) is 0 Å². The summed E-state index contributed by atoms with van der Waals surface area (Å²) in [5, 5.41) is 3.44. The monoisotopic (exact) mass is 413 g/mol. The number of hydrogen-bond acceptors (Lipinski definition) is 1.